The Bertz CT molecular complexity index is 156. The van der Waals surface area contributed by atoms with Gasteiger partial charge in [0.25, 0.3) is 0 Å². The Balaban J connectivity index is 0. The Morgan fingerprint density at radius 3 is 1.47 bits per heavy atom. The molecule has 3 N–H and O–H groups in total. The van der Waals surface area contributed by atoms with Gasteiger partial charge in [-0.25, -0.2) is 0 Å². The summed E-state index contributed by atoms with van der Waals surface area (Å²) < 4.78 is 0. The van der Waals surface area contributed by atoms with E-state index >= 15 is 0 Å². The molecule has 2 nitrogen and oxygen atoms in total. The maximum atomic E-state index is 8.79. The summed E-state index contributed by atoms with van der Waals surface area (Å²) in [6.45, 7) is 2.41. The van der Waals surface area contributed by atoms with Gasteiger partial charge in [-0.15, -0.1) is 12.4 Å². The summed E-state index contributed by atoms with van der Waals surface area (Å²) in [5.41, 5.74) is 5.65. The van der Waals surface area contributed by atoms with E-state index in [1.807, 2.05) is 0 Å². The molecule has 0 radical (unpaired) electrons. The van der Waals surface area contributed by atoms with Crippen molar-refractivity contribution in [2.45, 2.75) is 96.4 Å². The van der Waals surface area contributed by atoms with Crippen LogP contribution in [0.2, 0.25) is 0 Å². The first-order chi connectivity index (χ1) is 8.81. The molecule has 0 unspecified atom stereocenters. The van der Waals surface area contributed by atoms with E-state index in [0.717, 1.165) is 6.42 Å². The molecule has 0 amide bonds. The minimum atomic E-state index is 0. The number of hydrogen-bond donors (Lipinski definition) is 2. The van der Waals surface area contributed by atoms with Crippen molar-refractivity contribution in [1.82, 2.24) is 0 Å². The number of aliphatic hydroxyl groups excluding tert-OH is 1. The summed E-state index contributed by atoms with van der Waals surface area (Å²) in [4.78, 5) is 0. The quantitative estimate of drug-likeness (QED) is 0.451. The highest BCUT2D eigenvalue weighted by molar-refractivity contribution is 5.85. The molecule has 0 fully saturated rings. The number of rotatable bonds is 14. The normalized spacial score (nSPS) is 12.2. The molecule has 0 aliphatic heterocycles. The first-order valence-electron chi connectivity index (χ1n) is 8.17. The molecule has 0 bridgehead atoms. The molecule has 0 heterocycles. The molecule has 0 spiro atoms. The highest BCUT2D eigenvalue weighted by Crippen LogP contribution is 2.12. The van der Waals surface area contributed by atoms with Gasteiger partial charge in [-0.3, -0.25) is 0 Å². The largest absolute Gasteiger partial charge is 0.395 e. The van der Waals surface area contributed by atoms with E-state index in [1.165, 1.54) is 77.0 Å². The lowest BCUT2D eigenvalue weighted by Gasteiger charge is -2.07. The topological polar surface area (TPSA) is 46.2 Å². The predicted octanol–water partition coefficient (Wildman–Crippen LogP) is 4.82. The van der Waals surface area contributed by atoms with Gasteiger partial charge in [0, 0.05) is 6.04 Å². The minimum absolute atomic E-state index is 0. The van der Waals surface area contributed by atoms with Crippen molar-refractivity contribution in [3.63, 3.8) is 0 Å². The van der Waals surface area contributed by atoms with E-state index in [1.54, 1.807) is 0 Å². The Labute approximate surface area is 127 Å². The second kappa shape index (κ2) is 18.2. The van der Waals surface area contributed by atoms with Gasteiger partial charge >= 0.3 is 0 Å². The van der Waals surface area contributed by atoms with Gasteiger partial charge in [-0.05, 0) is 6.42 Å². The van der Waals surface area contributed by atoms with Crippen LogP contribution in [0.3, 0.4) is 0 Å². The smallest absolute Gasteiger partial charge is 0.0582 e. The number of unbranched alkanes of at least 4 members (excludes halogenated alkanes) is 11. The van der Waals surface area contributed by atoms with Crippen molar-refractivity contribution in [1.29, 1.82) is 0 Å². The molecule has 0 aromatic carbocycles. The molecular weight excluding hydrogens is 258 g/mol. The van der Waals surface area contributed by atoms with Crippen molar-refractivity contribution in [2.24, 2.45) is 5.73 Å². The number of hydrogen-bond acceptors (Lipinski definition) is 2. The molecule has 0 aromatic heterocycles. The van der Waals surface area contributed by atoms with E-state index in [2.05, 4.69) is 6.92 Å². The van der Waals surface area contributed by atoms with Gasteiger partial charge in [0.2, 0.25) is 0 Å². The standard InChI is InChI=1S/C16H35NO.ClH/c1-2-3-4-5-6-7-8-9-10-11-12-13-14-16(17)15-18;/h16,18H,2-15,17H2,1H3;1H/t16-;/m1./s1. The van der Waals surface area contributed by atoms with Crippen LogP contribution in [0.25, 0.3) is 0 Å². The van der Waals surface area contributed by atoms with Crippen LogP contribution >= 0.6 is 12.4 Å². The molecule has 0 saturated heterocycles. The summed E-state index contributed by atoms with van der Waals surface area (Å²) in [5, 5.41) is 8.79. The zero-order chi connectivity index (χ0) is 13.5. The first-order valence-corrected chi connectivity index (χ1v) is 8.17. The molecule has 0 rings (SSSR count). The molecule has 3 heteroatoms. The van der Waals surface area contributed by atoms with Crippen molar-refractivity contribution in [3.05, 3.63) is 0 Å². The molecule has 118 valence electrons. The molecule has 0 saturated carbocycles. The fraction of sp³-hybridized carbons (Fsp3) is 1.00. The lowest BCUT2D eigenvalue weighted by molar-refractivity contribution is 0.257. The third-order valence-corrected chi connectivity index (χ3v) is 3.66. The first kappa shape index (κ1) is 21.5. The summed E-state index contributed by atoms with van der Waals surface area (Å²) in [7, 11) is 0. The summed E-state index contributed by atoms with van der Waals surface area (Å²) in [5.74, 6) is 0. The summed E-state index contributed by atoms with van der Waals surface area (Å²) >= 11 is 0. The number of halogens is 1. The van der Waals surface area contributed by atoms with Crippen LogP contribution in [-0.2, 0) is 0 Å². The Morgan fingerprint density at radius 2 is 1.11 bits per heavy atom. The minimum Gasteiger partial charge on any atom is -0.395 e. The van der Waals surface area contributed by atoms with E-state index in [-0.39, 0.29) is 25.1 Å². The fourth-order valence-electron chi connectivity index (χ4n) is 2.34. The summed E-state index contributed by atoms with van der Waals surface area (Å²) in [6, 6.07) is 0.00752. The molecule has 0 aliphatic carbocycles. The van der Waals surface area contributed by atoms with Gasteiger partial charge in [-0.2, -0.15) is 0 Å². The van der Waals surface area contributed by atoms with E-state index in [0.29, 0.717) is 0 Å². The van der Waals surface area contributed by atoms with E-state index in [9.17, 15) is 0 Å². The second-order valence-corrected chi connectivity index (χ2v) is 5.62. The number of nitrogens with two attached hydrogens (primary N) is 1. The molecule has 0 aromatic rings. The molecule has 19 heavy (non-hydrogen) atoms. The molecule has 1 atom stereocenters. The molecular formula is C16H36ClNO. The van der Waals surface area contributed by atoms with E-state index in [4.69, 9.17) is 10.8 Å². The maximum absolute atomic E-state index is 8.79. The average molecular weight is 294 g/mol. The third-order valence-electron chi connectivity index (χ3n) is 3.66. The van der Waals surface area contributed by atoms with Crippen LogP contribution < -0.4 is 5.73 Å². The van der Waals surface area contributed by atoms with Crippen molar-refractivity contribution in [2.75, 3.05) is 6.61 Å². The molecule has 0 aliphatic rings. The van der Waals surface area contributed by atoms with Crippen LogP contribution in [0.15, 0.2) is 0 Å². The van der Waals surface area contributed by atoms with Gasteiger partial charge in [0.05, 0.1) is 6.61 Å². The SMILES string of the molecule is CCCCCCCCCCCCCC[C@@H](N)CO.Cl. The third kappa shape index (κ3) is 18.2. The Kier molecular flexibility index (Phi) is 20.6. The lowest BCUT2D eigenvalue weighted by atomic mass is 10.0. The van der Waals surface area contributed by atoms with Crippen LogP contribution in [0, 0.1) is 0 Å². The Morgan fingerprint density at radius 1 is 0.737 bits per heavy atom. The Hall–Kier alpha value is 0.210. The van der Waals surface area contributed by atoms with Crippen molar-refractivity contribution in [3.8, 4) is 0 Å². The predicted molar refractivity (Wildman–Crippen MR) is 88.0 cm³/mol. The highest BCUT2D eigenvalue weighted by Gasteiger charge is 1.99. The van der Waals surface area contributed by atoms with Crippen molar-refractivity contribution >= 4 is 12.4 Å². The van der Waals surface area contributed by atoms with Gasteiger partial charge < -0.3 is 10.8 Å². The zero-order valence-corrected chi connectivity index (χ0v) is 13.7. The van der Waals surface area contributed by atoms with Gasteiger partial charge in [-0.1, -0.05) is 84.0 Å². The van der Waals surface area contributed by atoms with Crippen LogP contribution in [0.5, 0.6) is 0 Å². The monoisotopic (exact) mass is 293 g/mol. The highest BCUT2D eigenvalue weighted by atomic mass is 35.5. The van der Waals surface area contributed by atoms with E-state index < -0.39 is 0 Å². The average Bonchev–Trinajstić information content (AvgIpc) is 2.39. The second-order valence-electron chi connectivity index (χ2n) is 5.62. The van der Waals surface area contributed by atoms with Gasteiger partial charge in [0.15, 0.2) is 0 Å². The maximum Gasteiger partial charge on any atom is 0.0582 e. The van der Waals surface area contributed by atoms with Crippen molar-refractivity contribution < 1.29 is 5.11 Å². The number of aliphatic hydroxyl groups is 1. The van der Waals surface area contributed by atoms with Crippen LogP contribution in [0.1, 0.15) is 90.4 Å². The van der Waals surface area contributed by atoms with Gasteiger partial charge in [0.1, 0.15) is 0 Å². The fourth-order valence-corrected chi connectivity index (χ4v) is 2.34. The van der Waals surface area contributed by atoms with Crippen LogP contribution in [0.4, 0.5) is 0 Å². The lowest BCUT2D eigenvalue weighted by Crippen LogP contribution is -2.23. The van der Waals surface area contributed by atoms with Crippen LogP contribution in [-0.4, -0.2) is 17.8 Å². The summed E-state index contributed by atoms with van der Waals surface area (Å²) in [6.07, 6.45) is 17.5. The zero-order valence-electron chi connectivity index (χ0n) is 12.9.